The fraction of sp³-hybridized carbons (Fsp3) is 0.533. The minimum absolute atomic E-state index is 0.104. The van der Waals surface area contributed by atoms with Crippen LogP contribution < -0.4 is 10.6 Å². The Bertz CT molecular complexity index is 464. The van der Waals surface area contributed by atoms with E-state index in [1.807, 2.05) is 6.07 Å². The first-order valence-corrected chi connectivity index (χ1v) is 7.65. The Kier molecular flexibility index (Phi) is 4.50. The quantitative estimate of drug-likeness (QED) is 0.657. The van der Waals surface area contributed by atoms with E-state index >= 15 is 0 Å². The summed E-state index contributed by atoms with van der Waals surface area (Å²) in [7, 11) is 2.16. The van der Waals surface area contributed by atoms with E-state index < -0.39 is 0 Å². The third-order valence-corrected chi connectivity index (χ3v) is 4.84. The third kappa shape index (κ3) is 3.30. The average molecular weight is 324 g/mol. The van der Waals surface area contributed by atoms with Crippen molar-refractivity contribution < 1.29 is 0 Å². The number of nitrogen functional groups attached to an aromatic ring is 1. The van der Waals surface area contributed by atoms with Crippen molar-refractivity contribution >= 4 is 27.5 Å². The standard InChI is InChI=1S/C15H22BrN3/c1-10-3-5-11(6-4-10)19(2)12-7-8-13(15(17)18)14(16)9-12/h7-11H,3-6H2,1-2H3,(H3,17,18). The van der Waals surface area contributed by atoms with Crippen LogP contribution in [0, 0.1) is 11.3 Å². The van der Waals surface area contributed by atoms with Gasteiger partial charge in [0.1, 0.15) is 5.84 Å². The zero-order valence-electron chi connectivity index (χ0n) is 11.6. The van der Waals surface area contributed by atoms with Crippen LogP contribution in [0.2, 0.25) is 0 Å². The molecule has 0 spiro atoms. The molecule has 0 unspecified atom stereocenters. The first-order valence-electron chi connectivity index (χ1n) is 6.86. The molecule has 0 saturated heterocycles. The van der Waals surface area contributed by atoms with Crippen LogP contribution in [0.15, 0.2) is 22.7 Å². The molecule has 1 fully saturated rings. The molecule has 2 rings (SSSR count). The van der Waals surface area contributed by atoms with E-state index in [1.165, 1.54) is 31.4 Å². The Balaban J connectivity index is 2.13. The topological polar surface area (TPSA) is 53.1 Å². The molecule has 4 heteroatoms. The zero-order chi connectivity index (χ0) is 14.0. The lowest BCUT2D eigenvalue weighted by molar-refractivity contribution is 0.341. The molecule has 0 radical (unpaired) electrons. The highest BCUT2D eigenvalue weighted by Gasteiger charge is 2.22. The van der Waals surface area contributed by atoms with E-state index in [-0.39, 0.29) is 5.84 Å². The van der Waals surface area contributed by atoms with Gasteiger partial charge < -0.3 is 10.6 Å². The maximum Gasteiger partial charge on any atom is 0.123 e. The van der Waals surface area contributed by atoms with Crippen molar-refractivity contribution in [2.75, 3.05) is 11.9 Å². The predicted molar refractivity (Wildman–Crippen MR) is 85.0 cm³/mol. The highest BCUT2D eigenvalue weighted by atomic mass is 79.9. The van der Waals surface area contributed by atoms with Gasteiger partial charge in [-0.2, -0.15) is 0 Å². The molecule has 0 aliphatic heterocycles. The van der Waals surface area contributed by atoms with Crippen LogP contribution in [0.25, 0.3) is 0 Å². The van der Waals surface area contributed by atoms with Gasteiger partial charge in [0.2, 0.25) is 0 Å². The predicted octanol–water partition coefficient (Wildman–Crippen LogP) is 3.75. The van der Waals surface area contributed by atoms with Crippen molar-refractivity contribution in [2.24, 2.45) is 11.7 Å². The van der Waals surface area contributed by atoms with Gasteiger partial charge in [-0.3, -0.25) is 5.41 Å². The number of nitrogens with one attached hydrogen (secondary N) is 1. The van der Waals surface area contributed by atoms with E-state index in [1.54, 1.807) is 0 Å². The molecule has 1 saturated carbocycles. The largest absolute Gasteiger partial charge is 0.384 e. The van der Waals surface area contributed by atoms with E-state index in [0.29, 0.717) is 6.04 Å². The van der Waals surface area contributed by atoms with Crippen LogP contribution in [0.3, 0.4) is 0 Å². The zero-order valence-corrected chi connectivity index (χ0v) is 13.2. The molecule has 0 amide bonds. The maximum atomic E-state index is 7.51. The maximum absolute atomic E-state index is 7.51. The number of anilines is 1. The van der Waals surface area contributed by atoms with Crippen molar-refractivity contribution in [3.63, 3.8) is 0 Å². The minimum atomic E-state index is 0.104. The van der Waals surface area contributed by atoms with Crippen LogP contribution >= 0.6 is 15.9 Å². The highest BCUT2D eigenvalue weighted by Crippen LogP contribution is 2.31. The van der Waals surface area contributed by atoms with E-state index in [4.69, 9.17) is 11.1 Å². The summed E-state index contributed by atoms with van der Waals surface area (Å²) in [6, 6.07) is 6.67. The van der Waals surface area contributed by atoms with E-state index in [0.717, 1.165) is 16.0 Å². The Labute approximate surface area is 123 Å². The van der Waals surface area contributed by atoms with Gasteiger partial charge in [0.05, 0.1) is 0 Å². The van der Waals surface area contributed by atoms with Gasteiger partial charge in [0.15, 0.2) is 0 Å². The van der Waals surface area contributed by atoms with Crippen LogP contribution in [0.4, 0.5) is 5.69 Å². The van der Waals surface area contributed by atoms with Crippen molar-refractivity contribution in [1.82, 2.24) is 0 Å². The molecular weight excluding hydrogens is 302 g/mol. The first-order chi connectivity index (χ1) is 8.99. The molecule has 104 valence electrons. The summed E-state index contributed by atoms with van der Waals surface area (Å²) in [6.07, 6.45) is 5.18. The van der Waals surface area contributed by atoms with Gasteiger partial charge in [-0.1, -0.05) is 6.92 Å². The van der Waals surface area contributed by atoms with Crippen LogP contribution in [0.5, 0.6) is 0 Å². The normalized spacial score (nSPS) is 23.1. The number of halogens is 1. The smallest absolute Gasteiger partial charge is 0.123 e. The number of nitrogens with two attached hydrogens (primary N) is 1. The second-order valence-electron chi connectivity index (χ2n) is 5.60. The summed E-state index contributed by atoms with van der Waals surface area (Å²) in [6.45, 7) is 2.34. The summed E-state index contributed by atoms with van der Waals surface area (Å²) in [5, 5.41) is 7.51. The van der Waals surface area contributed by atoms with Crippen LogP contribution in [0.1, 0.15) is 38.2 Å². The van der Waals surface area contributed by atoms with Crippen LogP contribution in [-0.4, -0.2) is 18.9 Å². The van der Waals surface area contributed by atoms with Crippen molar-refractivity contribution in [1.29, 1.82) is 5.41 Å². The highest BCUT2D eigenvalue weighted by molar-refractivity contribution is 9.10. The number of nitrogens with zero attached hydrogens (tertiary/aromatic N) is 1. The summed E-state index contributed by atoms with van der Waals surface area (Å²) in [4.78, 5) is 2.36. The number of rotatable bonds is 3. The lowest BCUT2D eigenvalue weighted by Gasteiger charge is -2.35. The van der Waals surface area contributed by atoms with Crippen molar-refractivity contribution in [3.8, 4) is 0 Å². The van der Waals surface area contributed by atoms with Gasteiger partial charge in [-0.05, 0) is 65.7 Å². The molecule has 1 aromatic carbocycles. The third-order valence-electron chi connectivity index (χ3n) is 4.18. The monoisotopic (exact) mass is 323 g/mol. The number of benzene rings is 1. The Morgan fingerprint density at radius 3 is 2.47 bits per heavy atom. The van der Waals surface area contributed by atoms with Gasteiger partial charge in [-0.15, -0.1) is 0 Å². The van der Waals surface area contributed by atoms with Gasteiger partial charge in [-0.25, -0.2) is 0 Å². The number of amidine groups is 1. The van der Waals surface area contributed by atoms with Crippen molar-refractivity contribution in [2.45, 2.75) is 38.6 Å². The molecule has 19 heavy (non-hydrogen) atoms. The van der Waals surface area contributed by atoms with E-state index in [9.17, 15) is 0 Å². The summed E-state index contributed by atoms with van der Waals surface area (Å²) in [5.41, 5.74) is 7.49. The lowest BCUT2D eigenvalue weighted by Crippen LogP contribution is -2.34. The molecule has 3 nitrogen and oxygen atoms in total. The summed E-state index contributed by atoms with van der Waals surface area (Å²) >= 11 is 3.50. The molecule has 0 aromatic heterocycles. The van der Waals surface area contributed by atoms with Crippen LogP contribution in [-0.2, 0) is 0 Å². The average Bonchev–Trinajstić information content (AvgIpc) is 2.38. The molecule has 3 N–H and O–H groups in total. The number of hydrogen-bond donors (Lipinski definition) is 2. The van der Waals surface area contributed by atoms with Gasteiger partial charge in [0, 0.05) is 28.8 Å². The molecule has 1 aromatic rings. The van der Waals surface area contributed by atoms with Crippen molar-refractivity contribution in [3.05, 3.63) is 28.2 Å². The fourth-order valence-electron chi connectivity index (χ4n) is 2.78. The Morgan fingerprint density at radius 2 is 1.95 bits per heavy atom. The lowest BCUT2D eigenvalue weighted by atomic mass is 9.86. The first kappa shape index (κ1) is 14.4. The molecule has 0 heterocycles. The SMILES string of the molecule is CC1CCC(N(C)c2ccc(C(=N)N)c(Br)c2)CC1. The van der Waals surface area contributed by atoms with Gasteiger partial charge >= 0.3 is 0 Å². The summed E-state index contributed by atoms with van der Waals surface area (Å²) in [5.74, 6) is 0.976. The summed E-state index contributed by atoms with van der Waals surface area (Å²) < 4.78 is 0.897. The second kappa shape index (κ2) is 5.95. The minimum Gasteiger partial charge on any atom is -0.384 e. The number of hydrogen-bond acceptors (Lipinski definition) is 2. The Hall–Kier alpha value is -1.03. The van der Waals surface area contributed by atoms with Gasteiger partial charge in [0.25, 0.3) is 0 Å². The Morgan fingerprint density at radius 1 is 1.32 bits per heavy atom. The molecule has 0 bridgehead atoms. The fourth-order valence-corrected chi connectivity index (χ4v) is 3.36. The van der Waals surface area contributed by atoms with E-state index in [2.05, 4.69) is 46.9 Å². The molecule has 0 atom stereocenters. The molecule has 1 aliphatic rings. The molecule has 1 aliphatic carbocycles. The molecular formula is C15H22BrN3. The second-order valence-corrected chi connectivity index (χ2v) is 6.46.